The average molecular weight is 253 g/mol. The minimum Gasteiger partial charge on any atom is -0.486 e. The molecule has 0 atom stereocenters. The number of nitrogen functional groups attached to an aromatic ring is 1. The maximum atomic E-state index is 13.2. The largest absolute Gasteiger partial charge is 0.486 e. The van der Waals surface area contributed by atoms with Gasteiger partial charge in [0.25, 0.3) is 0 Å². The molecule has 0 fully saturated rings. The molecule has 0 radical (unpaired) electrons. The Morgan fingerprint density at radius 3 is 2.88 bits per heavy atom. The summed E-state index contributed by atoms with van der Waals surface area (Å²) >= 11 is 5.88. The zero-order valence-corrected chi connectivity index (χ0v) is 9.62. The second kappa shape index (κ2) is 5.01. The summed E-state index contributed by atoms with van der Waals surface area (Å²) in [5, 5.41) is 0.278. The quantitative estimate of drug-likeness (QED) is 0.854. The second-order valence-corrected chi connectivity index (χ2v) is 3.82. The van der Waals surface area contributed by atoms with Crippen molar-refractivity contribution in [1.82, 2.24) is 4.98 Å². The molecule has 1 aromatic carbocycles. The number of hydrogen-bond acceptors (Lipinski definition) is 3. The predicted molar refractivity (Wildman–Crippen MR) is 64.4 cm³/mol. The molecule has 0 saturated heterocycles. The van der Waals surface area contributed by atoms with Crippen molar-refractivity contribution in [3.05, 3.63) is 53.1 Å². The number of nitrogens with two attached hydrogens (primary N) is 1. The van der Waals surface area contributed by atoms with Gasteiger partial charge in [-0.25, -0.2) is 4.39 Å². The lowest BCUT2D eigenvalue weighted by Crippen LogP contribution is -1.99. The maximum Gasteiger partial charge on any atom is 0.149 e. The molecule has 0 unspecified atom stereocenters. The number of rotatable bonds is 3. The summed E-state index contributed by atoms with van der Waals surface area (Å²) in [6, 6.07) is 7.95. The minimum atomic E-state index is -0.551. The lowest BCUT2D eigenvalue weighted by Gasteiger charge is -2.08. The van der Waals surface area contributed by atoms with Crippen molar-refractivity contribution in [2.45, 2.75) is 6.61 Å². The van der Waals surface area contributed by atoms with E-state index in [-0.39, 0.29) is 23.1 Å². The number of nitrogens with zero attached hydrogens (tertiary/aromatic N) is 1. The summed E-state index contributed by atoms with van der Waals surface area (Å²) in [7, 11) is 0. The Morgan fingerprint density at radius 1 is 1.35 bits per heavy atom. The summed E-state index contributed by atoms with van der Waals surface area (Å²) in [6.07, 6.45) is 1.66. The van der Waals surface area contributed by atoms with Crippen LogP contribution >= 0.6 is 11.6 Å². The van der Waals surface area contributed by atoms with Gasteiger partial charge >= 0.3 is 0 Å². The molecule has 5 heteroatoms. The standard InChI is InChI=1S/C12H10ClFN2O/c13-9-5-11(15)10(14)6-12(9)17-7-8-3-1-2-4-16-8/h1-6H,7,15H2. The van der Waals surface area contributed by atoms with Crippen molar-refractivity contribution in [3.63, 3.8) is 0 Å². The highest BCUT2D eigenvalue weighted by Crippen LogP contribution is 2.29. The first-order valence-electron chi connectivity index (χ1n) is 4.94. The third-order valence-corrected chi connectivity index (χ3v) is 2.45. The number of halogens is 2. The second-order valence-electron chi connectivity index (χ2n) is 3.41. The van der Waals surface area contributed by atoms with Crippen LogP contribution < -0.4 is 10.5 Å². The van der Waals surface area contributed by atoms with E-state index in [0.29, 0.717) is 0 Å². The van der Waals surface area contributed by atoms with Crippen LogP contribution in [0.1, 0.15) is 5.69 Å². The Balaban J connectivity index is 2.12. The fourth-order valence-electron chi connectivity index (χ4n) is 1.29. The van der Waals surface area contributed by atoms with Crippen molar-refractivity contribution < 1.29 is 9.13 Å². The molecule has 0 spiro atoms. The van der Waals surface area contributed by atoms with Gasteiger partial charge in [-0.05, 0) is 18.2 Å². The Morgan fingerprint density at radius 2 is 2.18 bits per heavy atom. The van der Waals surface area contributed by atoms with Gasteiger partial charge in [-0.3, -0.25) is 4.98 Å². The van der Waals surface area contributed by atoms with Gasteiger partial charge < -0.3 is 10.5 Å². The van der Waals surface area contributed by atoms with Gasteiger partial charge in [0.15, 0.2) is 0 Å². The molecule has 2 aromatic rings. The van der Waals surface area contributed by atoms with Crippen molar-refractivity contribution >= 4 is 17.3 Å². The van der Waals surface area contributed by atoms with Crippen LogP contribution in [0.25, 0.3) is 0 Å². The zero-order valence-electron chi connectivity index (χ0n) is 8.86. The van der Waals surface area contributed by atoms with E-state index in [0.717, 1.165) is 5.69 Å². The van der Waals surface area contributed by atoms with E-state index < -0.39 is 5.82 Å². The number of anilines is 1. The number of ether oxygens (including phenoxy) is 1. The molecule has 3 nitrogen and oxygen atoms in total. The minimum absolute atomic E-state index is 0.000172. The molecule has 0 bridgehead atoms. The molecule has 2 N–H and O–H groups in total. The van der Waals surface area contributed by atoms with Crippen LogP contribution in [0.2, 0.25) is 5.02 Å². The fourth-order valence-corrected chi connectivity index (χ4v) is 1.52. The van der Waals surface area contributed by atoms with Crippen molar-refractivity contribution in [2.75, 3.05) is 5.73 Å². The Kier molecular flexibility index (Phi) is 3.44. The molecule has 0 aliphatic heterocycles. The van der Waals surface area contributed by atoms with E-state index in [1.165, 1.54) is 12.1 Å². The van der Waals surface area contributed by atoms with Crippen LogP contribution in [-0.4, -0.2) is 4.98 Å². The van der Waals surface area contributed by atoms with Crippen LogP contribution in [0.3, 0.4) is 0 Å². The van der Waals surface area contributed by atoms with Crippen LogP contribution in [0.5, 0.6) is 5.75 Å². The third kappa shape index (κ3) is 2.85. The molecule has 2 rings (SSSR count). The SMILES string of the molecule is Nc1cc(Cl)c(OCc2ccccn2)cc1F. The molecule has 88 valence electrons. The highest BCUT2D eigenvalue weighted by Gasteiger charge is 2.07. The highest BCUT2D eigenvalue weighted by atomic mass is 35.5. The summed E-state index contributed by atoms with van der Waals surface area (Å²) in [5.41, 5.74) is 6.11. The summed E-state index contributed by atoms with van der Waals surface area (Å²) in [4.78, 5) is 4.08. The van der Waals surface area contributed by atoms with Gasteiger partial charge in [-0.2, -0.15) is 0 Å². The molecule has 1 aromatic heterocycles. The highest BCUT2D eigenvalue weighted by molar-refractivity contribution is 6.32. The number of hydrogen-bond donors (Lipinski definition) is 1. The number of pyridine rings is 1. The average Bonchev–Trinajstić information content (AvgIpc) is 2.33. The Labute approximate surface area is 103 Å². The van der Waals surface area contributed by atoms with Crippen molar-refractivity contribution in [1.29, 1.82) is 0 Å². The van der Waals surface area contributed by atoms with E-state index in [1.807, 2.05) is 12.1 Å². The summed E-state index contributed by atoms with van der Waals surface area (Å²) in [6.45, 7) is 0.226. The van der Waals surface area contributed by atoms with Gasteiger partial charge in [0, 0.05) is 12.3 Å². The molecule has 17 heavy (non-hydrogen) atoms. The molecule has 0 aliphatic rings. The third-order valence-electron chi connectivity index (χ3n) is 2.15. The Hall–Kier alpha value is -1.81. The fraction of sp³-hybridized carbons (Fsp3) is 0.0833. The summed E-state index contributed by atoms with van der Waals surface area (Å²) < 4.78 is 18.6. The molecule has 0 amide bonds. The topological polar surface area (TPSA) is 48.1 Å². The number of benzene rings is 1. The van der Waals surface area contributed by atoms with Gasteiger partial charge in [-0.15, -0.1) is 0 Å². The lowest BCUT2D eigenvalue weighted by atomic mass is 10.3. The van der Waals surface area contributed by atoms with Gasteiger partial charge in [0.2, 0.25) is 0 Å². The van der Waals surface area contributed by atoms with Crippen LogP contribution in [-0.2, 0) is 6.61 Å². The van der Waals surface area contributed by atoms with Gasteiger partial charge in [0.05, 0.1) is 16.4 Å². The van der Waals surface area contributed by atoms with E-state index in [4.69, 9.17) is 22.1 Å². The van der Waals surface area contributed by atoms with E-state index in [9.17, 15) is 4.39 Å². The van der Waals surface area contributed by atoms with E-state index in [2.05, 4.69) is 4.98 Å². The lowest BCUT2D eigenvalue weighted by molar-refractivity contribution is 0.300. The molecular weight excluding hydrogens is 243 g/mol. The molecule has 0 aliphatic carbocycles. The molecular formula is C12H10ClFN2O. The van der Waals surface area contributed by atoms with Crippen LogP contribution in [0, 0.1) is 5.82 Å². The zero-order chi connectivity index (χ0) is 12.3. The van der Waals surface area contributed by atoms with Gasteiger partial charge in [-0.1, -0.05) is 17.7 Å². The Bertz CT molecular complexity index is 519. The first-order valence-corrected chi connectivity index (χ1v) is 5.32. The van der Waals surface area contributed by atoms with Gasteiger partial charge in [0.1, 0.15) is 18.2 Å². The molecule has 0 saturated carbocycles. The van der Waals surface area contributed by atoms with Crippen LogP contribution in [0.4, 0.5) is 10.1 Å². The smallest absolute Gasteiger partial charge is 0.149 e. The van der Waals surface area contributed by atoms with E-state index >= 15 is 0 Å². The monoisotopic (exact) mass is 252 g/mol. The van der Waals surface area contributed by atoms with Crippen molar-refractivity contribution in [3.8, 4) is 5.75 Å². The first kappa shape index (κ1) is 11.7. The van der Waals surface area contributed by atoms with Crippen LogP contribution in [0.15, 0.2) is 36.5 Å². The van der Waals surface area contributed by atoms with E-state index in [1.54, 1.807) is 12.3 Å². The first-order chi connectivity index (χ1) is 8.16. The van der Waals surface area contributed by atoms with Crippen molar-refractivity contribution in [2.24, 2.45) is 0 Å². The molecule has 1 heterocycles. The normalized spacial score (nSPS) is 10.2. The maximum absolute atomic E-state index is 13.2. The number of aromatic nitrogens is 1. The summed E-state index contributed by atoms with van der Waals surface area (Å²) in [5.74, 6) is -0.297. The predicted octanol–water partition coefficient (Wildman–Crippen LogP) is 3.04.